The largest absolute Gasteiger partial charge is 0.348 e. The van der Waals surface area contributed by atoms with E-state index in [0.717, 1.165) is 0 Å². The summed E-state index contributed by atoms with van der Waals surface area (Å²) in [6.07, 6.45) is 0.841. The SMILES string of the molecule is CN[C@@H](Cc1cnc[nH]1)C(=O)N(CP(=O)(O)O)CP(=O)(O)O. The van der Waals surface area contributed by atoms with Crippen LogP contribution >= 0.6 is 15.2 Å². The second-order valence-electron chi connectivity index (χ2n) is 4.61. The molecule has 1 aromatic rings. The highest BCUT2D eigenvalue weighted by molar-refractivity contribution is 7.52. The van der Waals surface area contributed by atoms with Crippen molar-refractivity contribution >= 4 is 21.1 Å². The first-order valence-electron chi connectivity index (χ1n) is 6.04. The lowest BCUT2D eigenvalue weighted by atomic mass is 10.1. The summed E-state index contributed by atoms with van der Waals surface area (Å²) in [5, 5.41) is 2.65. The minimum atomic E-state index is -4.67. The normalized spacial score (nSPS) is 13.9. The van der Waals surface area contributed by atoms with Crippen molar-refractivity contribution in [3.63, 3.8) is 0 Å². The van der Waals surface area contributed by atoms with Crippen molar-refractivity contribution in [3.8, 4) is 0 Å². The maximum absolute atomic E-state index is 12.3. The Labute approximate surface area is 126 Å². The molecule has 13 heteroatoms. The molecule has 0 saturated carbocycles. The molecule has 0 bridgehead atoms. The summed E-state index contributed by atoms with van der Waals surface area (Å²) in [4.78, 5) is 55.2. The molecule has 0 aliphatic rings. The number of H-pyrrole nitrogens is 1. The Morgan fingerprint density at radius 3 is 2.23 bits per heavy atom. The minimum Gasteiger partial charge on any atom is -0.348 e. The van der Waals surface area contributed by atoms with Gasteiger partial charge in [-0.25, -0.2) is 4.98 Å². The first kappa shape index (κ1) is 19.0. The lowest BCUT2D eigenvalue weighted by molar-refractivity contribution is -0.132. The van der Waals surface area contributed by atoms with Crippen molar-refractivity contribution in [1.29, 1.82) is 0 Å². The van der Waals surface area contributed by atoms with Gasteiger partial charge in [-0.15, -0.1) is 0 Å². The summed E-state index contributed by atoms with van der Waals surface area (Å²) < 4.78 is 22.1. The van der Waals surface area contributed by atoms with Crippen LogP contribution in [0.4, 0.5) is 0 Å². The summed E-state index contributed by atoms with van der Waals surface area (Å²) in [6, 6.07) is -0.918. The average molecular weight is 356 g/mol. The molecule has 0 saturated heterocycles. The quantitative estimate of drug-likeness (QED) is 0.307. The van der Waals surface area contributed by atoms with Crippen molar-refractivity contribution in [2.24, 2.45) is 0 Å². The molecule has 1 amide bonds. The minimum absolute atomic E-state index is 0.119. The van der Waals surface area contributed by atoms with Gasteiger partial charge in [-0.05, 0) is 7.05 Å². The van der Waals surface area contributed by atoms with Gasteiger partial charge in [-0.2, -0.15) is 0 Å². The molecule has 1 atom stereocenters. The van der Waals surface area contributed by atoms with E-state index in [-0.39, 0.29) is 6.42 Å². The number of hydrogen-bond donors (Lipinski definition) is 6. The Morgan fingerprint density at radius 1 is 1.32 bits per heavy atom. The fourth-order valence-corrected chi connectivity index (χ4v) is 3.30. The van der Waals surface area contributed by atoms with E-state index in [9.17, 15) is 13.9 Å². The first-order chi connectivity index (χ1) is 10.0. The van der Waals surface area contributed by atoms with E-state index in [4.69, 9.17) is 19.6 Å². The molecule has 1 heterocycles. The van der Waals surface area contributed by atoms with Crippen molar-refractivity contribution in [3.05, 3.63) is 18.2 Å². The predicted octanol–water partition coefficient (Wildman–Crippen LogP) is -1.36. The zero-order valence-corrected chi connectivity index (χ0v) is 13.4. The second-order valence-corrected chi connectivity index (χ2v) is 7.84. The van der Waals surface area contributed by atoms with Crippen LogP contribution in [-0.2, 0) is 20.3 Å². The fourth-order valence-electron chi connectivity index (χ4n) is 1.78. The number of nitrogens with one attached hydrogen (secondary N) is 2. The van der Waals surface area contributed by atoms with Crippen molar-refractivity contribution in [2.45, 2.75) is 12.5 Å². The number of hydrogen-bond acceptors (Lipinski definition) is 5. The van der Waals surface area contributed by atoms with Crippen LogP contribution in [0.2, 0.25) is 0 Å². The molecule has 0 unspecified atom stereocenters. The van der Waals surface area contributed by atoms with Gasteiger partial charge in [0, 0.05) is 18.3 Å². The monoisotopic (exact) mass is 356 g/mol. The molecule has 1 aromatic heterocycles. The zero-order chi connectivity index (χ0) is 17.0. The second kappa shape index (κ2) is 7.47. The number of likely N-dealkylation sites (N-methyl/N-ethyl adjacent to an activating group) is 1. The van der Waals surface area contributed by atoms with Crippen LogP contribution in [-0.4, -0.2) is 66.0 Å². The standard InChI is InChI=1S/C9H18N4O7P2/c1-10-8(2-7-3-11-4-12-7)9(14)13(5-21(15,16)17)6-22(18,19)20/h3-4,8,10H,2,5-6H2,1H3,(H,11,12)(H2,15,16,17)(H2,18,19,20)/t8-/m0/s1. The summed E-state index contributed by atoms with van der Waals surface area (Å²) in [6.45, 7) is 0. The lowest BCUT2D eigenvalue weighted by Gasteiger charge is -2.27. The van der Waals surface area contributed by atoms with Crippen LogP contribution in [0.1, 0.15) is 5.69 Å². The van der Waals surface area contributed by atoms with Crippen molar-refractivity contribution < 1.29 is 33.5 Å². The lowest BCUT2D eigenvalue weighted by Crippen LogP contribution is -2.47. The molecule has 6 N–H and O–H groups in total. The van der Waals surface area contributed by atoms with E-state index in [1.54, 1.807) is 0 Å². The summed E-state index contributed by atoms with van der Waals surface area (Å²) in [7, 11) is -7.89. The zero-order valence-electron chi connectivity index (χ0n) is 11.7. The van der Waals surface area contributed by atoms with E-state index in [1.807, 2.05) is 0 Å². The number of nitrogens with zero attached hydrogens (tertiary/aromatic N) is 2. The van der Waals surface area contributed by atoms with E-state index < -0.39 is 39.7 Å². The molecular weight excluding hydrogens is 338 g/mol. The molecule has 0 spiro atoms. The number of aromatic nitrogens is 2. The third-order valence-electron chi connectivity index (χ3n) is 2.65. The van der Waals surface area contributed by atoms with Crippen molar-refractivity contribution in [1.82, 2.24) is 20.2 Å². The molecule has 0 aliphatic heterocycles. The molecule has 0 fully saturated rings. The van der Waals surface area contributed by atoms with Crippen LogP contribution in [0.5, 0.6) is 0 Å². The summed E-state index contributed by atoms with van der Waals surface area (Å²) in [5.74, 6) is -0.830. The topological polar surface area (TPSA) is 176 Å². The molecule has 1 rings (SSSR count). The van der Waals surface area contributed by atoms with Gasteiger partial charge in [0.15, 0.2) is 0 Å². The van der Waals surface area contributed by atoms with Gasteiger partial charge < -0.3 is 34.8 Å². The number of amides is 1. The highest BCUT2D eigenvalue weighted by atomic mass is 31.2. The average Bonchev–Trinajstić information content (AvgIpc) is 2.83. The van der Waals surface area contributed by atoms with Gasteiger partial charge in [0.05, 0.1) is 12.4 Å². The van der Waals surface area contributed by atoms with Crippen LogP contribution in [0, 0.1) is 0 Å². The Balaban J connectivity index is 2.92. The molecule has 0 radical (unpaired) electrons. The molecule has 126 valence electrons. The van der Waals surface area contributed by atoms with Gasteiger partial charge in [0.25, 0.3) is 0 Å². The number of rotatable bonds is 8. The van der Waals surface area contributed by atoms with Gasteiger partial charge in [-0.3, -0.25) is 13.9 Å². The highest BCUT2D eigenvalue weighted by Gasteiger charge is 2.33. The Morgan fingerprint density at radius 2 is 1.86 bits per heavy atom. The number of imidazole rings is 1. The summed E-state index contributed by atoms with van der Waals surface area (Å²) in [5.41, 5.74) is 0.583. The Bertz CT molecular complexity index is 557. The van der Waals surface area contributed by atoms with E-state index in [1.165, 1.54) is 19.6 Å². The number of carbonyl (C=O) groups is 1. The third kappa shape index (κ3) is 6.80. The first-order valence-corrected chi connectivity index (χ1v) is 9.64. The maximum atomic E-state index is 12.3. The van der Waals surface area contributed by atoms with Crippen LogP contribution in [0.15, 0.2) is 12.5 Å². The van der Waals surface area contributed by atoms with Crippen LogP contribution in [0.3, 0.4) is 0 Å². The Kier molecular flexibility index (Phi) is 6.45. The van der Waals surface area contributed by atoms with Crippen LogP contribution in [0.25, 0.3) is 0 Å². The Hall–Kier alpha value is -1.06. The number of carbonyl (C=O) groups excluding carboxylic acids is 1. The number of aromatic amines is 1. The fraction of sp³-hybridized carbons (Fsp3) is 0.556. The van der Waals surface area contributed by atoms with E-state index in [0.29, 0.717) is 10.6 Å². The van der Waals surface area contributed by atoms with Gasteiger partial charge in [0.2, 0.25) is 5.91 Å². The van der Waals surface area contributed by atoms with Gasteiger partial charge in [-0.1, -0.05) is 0 Å². The smallest absolute Gasteiger partial charge is 0.344 e. The van der Waals surface area contributed by atoms with E-state index in [2.05, 4.69) is 15.3 Å². The summed E-state index contributed by atoms with van der Waals surface area (Å²) >= 11 is 0. The molecular formula is C9H18N4O7P2. The highest BCUT2D eigenvalue weighted by Crippen LogP contribution is 2.41. The van der Waals surface area contributed by atoms with Gasteiger partial charge >= 0.3 is 15.2 Å². The van der Waals surface area contributed by atoms with Crippen LogP contribution < -0.4 is 5.32 Å². The molecule has 11 nitrogen and oxygen atoms in total. The van der Waals surface area contributed by atoms with Crippen molar-refractivity contribution in [2.75, 3.05) is 19.6 Å². The molecule has 0 aliphatic carbocycles. The predicted molar refractivity (Wildman–Crippen MR) is 75.8 cm³/mol. The van der Waals surface area contributed by atoms with E-state index >= 15 is 0 Å². The third-order valence-corrected chi connectivity index (χ3v) is 4.07. The van der Waals surface area contributed by atoms with Gasteiger partial charge in [0.1, 0.15) is 12.6 Å². The molecule has 0 aromatic carbocycles. The maximum Gasteiger partial charge on any atom is 0.344 e. The molecule has 22 heavy (non-hydrogen) atoms.